The number of hydrogen-bond acceptors (Lipinski definition) is 6. The molecule has 1 unspecified atom stereocenters. The Kier molecular flexibility index (Phi) is 7.65. The maximum Gasteiger partial charge on any atom is 0.329 e. The lowest BCUT2D eigenvalue weighted by atomic mass is 9.95. The second kappa shape index (κ2) is 11.2. The lowest BCUT2D eigenvalue weighted by Gasteiger charge is -2.44. The number of piperazine rings is 1. The Labute approximate surface area is 237 Å². The van der Waals surface area contributed by atoms with Crippen LogP contribution in [-0.2, 0) is 16.6 Å². The van der Waals surface area contributed by atoms with Crippen molar-refractivity contribution in [1.29, 1.82) is 0 Å². The van der Waals surface area contributed by atoms with Gasteiger partial charge in [0.05, 0.1) is 18.7 Å². The summed E-state index contributed by atoms with van der Waals surface area (Å²) in [6, 6.07) is 14.1. The molecule has 1 aliphatic heterocycles. The van der Waals surface area contributed by atoms with Gasteiger partial charge in [0.15, 0.2) is 0 Å². The fraction of sp³-hybridized carbons (Fsp3) is 0.241. The molecule has 11 heteroatoms. The van der Waals surface area contributed by atoms with Gasteiger partial charge in [-0.3, -0.25) is 9.69 Å². The monoisotopic (exact) mass is 607 g/mol. The van der Waals surface area contributed by atoms with Crippen LogP contribution >= 0.6 is 15.9 Å². The quantitative estimate of drug-likeness (QED) is 0.235. The molecule has 4 aromatic rings. The van der Waals surface area contributed by atoms with Crippen molar-refractivity contribution in [3.63, 3.8) is 0 Å². The van der Waals surface area contributed by atoms with Crippen LogP contribution in [0.1, 0.15) is 17.2 Å². The Bertz CT molecular complexity index is 1640. The average Bonchev–Trinajstić information content (AvgIpc) is 2.98. The van der Waals surface area contributed by atoms with Gasteiger partial charge in [0.1, 0.15) is 27.8 Å². The molecule has 0 radical (unpaired) electrons. The highest BCUT2D eigenvalue weighted by molar-refractivity contribution is 9.10. The summed E-state index contributed by atoms with van der Waals surface area (Å²) in [5.74, 6) is -1.14. The van der Waals surface area contributed by atoms with Crippen LogP contribution in [0.15, 0.2) is 69.9 Å². The standard InChI is InChI=1S/C29H24BrF2N5O3/c1-33-23-13-12-21-25(34-23)27(24(30)28(38)35(21)2)37-15-14-36(16-22(37)29(39)40-3)26(17-4-8-19(31)9-5-17)18-6-10-20(32)11-7-18/h4-13,22,26H,14-16H2,2-3H3. The van der Waals surface area contributed by atoms with Gasteiger partial charge in [0.25, 0.3) is 11.4 Å². The van der Waals surface area contributed by atoms with Crippen LogP contribution in [0.25, 0.3) is 15.9 Å². The van der Waals surface area contributed by atoms with E-state index in [1.807, 2.05) is 4.90 Å². The summed E-state index contributed by atoms with van der Waals surface area (Å²) in [7, 11) is 2.91. The number of anilines is 1. The minimum absolute atomic E-state index is 0.153. The third-order valence-electron chi connectivity index (χ3n) is 7.17. The summed E-state index contributed by atoms with van der Waals surface area (Å²) in [5, 5.41) is 0. The lowest BCUT2D eigenvalue weighted by Crippen LogP contribution is -2.58. The highest BCUT2D eigenvalue weighted by atomic mass is 79.9. The average molecular weight is 608 g/mol. The first-order chi connectivity index (χ1) is 19.2. The van der Waals surface area contributed by atoms with Crippen molar-refractivity contribution in [2.24, 2.45) is 7.05 Å². The van der Waals surface area contributed by atoms with Crippen molar-refractivity contribution in [3.8, 4) is 0 Å². The number of carbonyl (C=O) groups excluding carboxylic acids is 1. The van der Waals surface area contributed by atoms with Crippen molar-refractivity contribution < 1.29 is 18.3 Å². The van der Waals surface area contributed by atoms with Crippen molar-refractivity contribution >= 4 is 44.4 Å². The van der Waals surface area contributed by atoms with Crippen LogP contribution in [0.4, 0.5) is 20.3 Å². The Morgan fingerprint density at radius 2 is 1.65 bits per heavy atom. The number of aryl methyl sites for hydroxylation is 1. The number of nitrogens with zero attached hydrogens (tertiary/aromatic N) is 5. The third-order valence-corrected chi connectivity index (χ3v) is 7.88. The molecule has 0 saturated carbocycles. The maximum absolute atomic E-state index is 13.8. The van der Waals surface area contributed by atoms with Crippen molar-refractivity contribution in [3.05, 3.63) is 110 Å². The van der Waals surface area contributed by atoms with E-state index in [1.165, 1.54) is 42.0 Å². The summed E-state index contributed by atoms with van der Waals surface area (Å²) in [6.45, 7) is 8.33. The summed E-state index contributed by atoms with van der Waals surface area (Å²) in [5.41, 5.74) is 2.54. The van der Waals surface area contributed by atoms with E-state index in [2.05, 4.69) is 25.8 Å². The summed E-state index contributed by atoms with van der Waals surface area (Å²) in [4.78, 5) is 38.2. The molecule has 2 aromatic heterocycles. The Hall–Kier alpha value is -4.14. The molecule has 0 aliphatic carbocycles. The van der Waals surface area contributed by atoms with Gasteiger partial charge in [-0.15, -0.1) is 4.98 Å². The Morgan fingerprint density at radius 1 is 1.05 bits per heavy atom. The summed E-state index contributed by atoms with van der Waals surface area (Å²) >= 11 is 3.43. The largest absolute Gasteiger partial charge is 0.467 e. The molecular formula is C29H24BrF2N5O3. The lowest BCUT2D eigenvalue weighted by molar-refractivity contribution is -0.143. The van der Waals surface area contributed by atoms with E-state index in [0.29, 0.717) is 29.8 Å². The maximum atomic E-state index is 13.8. The zero-order chi connectivity index (χ0) is 28.6. The number of methoxy groups -OCH3 is 1. The molecule has 8 nitrogen and oxygen atoms in total. The molecule has 0 bridgehead atoms. The Morgan fingerprint density at radius 3 is 2.20 bits per heavy atom. The van der Waals surface area contributed by atoms with Gasteiger partial charge >= 0.3 is 5.97 Å². The number of benzene rings is 2. The van der Waals surface area contributed by atoms with E-state index in [1.54, 1.807) is 42.3 Å². The number of rotatable bonds is 5. The van der Waals surface area contributed by atoms with E-state index in [4.69, 9.17) is 11.3 Å². The topological polar surface area (TPSA) is 72.0 Å². The number of hydrogen-bond donors (Lipinski definition) is 0. The van der Waals surface area contributed by atoms with Crippen molar-refractivity contribution in [2.45, 2.75) is 12.1 Å². The molecule has 1 atom stereocenters. The van der Waals surface area contributed by atoms with E-state index >= 15 is 0 Å². The molecule has 1 saturated heterocycles. The van der Waals surface area contributed by atoms with Gasteiger partial charge in [-0.1, -0.05) is 30.8 Å². The number of carbonyl (C=O) groups is 1. The highest BCUT2D eigenvalue weighted by Crippen LogP contribution is 2.37. The van der Waals surface area contributed by atoms with E-state index < -0.39 is 18.1 Å². The summed E-state index contributed by atoms with van der Waals surface area (Å²) in [6.07, 6.45) is 0. The predicted molar refractivity (Wildman–Crippen MR) is 150 cm³/mol. The van der Waals surface area contributed by atoms with Crippen LogP contribution < -0.4 is 10.5 Å². The predicted octanol–water partition coefficient (Wildman–Crippen LogP) is 4.98. The molecule has 0 N–H and O–H groups in total. The highest BCUT2D eigenvalue weighted by Gasteiger charge is 2.39. The second-order valence-electron chi connectivity index (χ2n) is 9.41. The van der Waals surface area contributed by atoms with Crippen LogP contribution in [0, 0.1) is 18.2 Å². The van der Waals surface area contributed by atoms with Gasteiger partial charge in [-0.25, -0.2) is 13.6 Å². The first kappa shape index (κ1) is 27.4. The minimum atomic E-state index is -0.854. The molecule has 1 fully saturated rings. The van der Waals surface area contributed by atoms with E-state index in [9.17, 15) is 18.4 Å². The fourth-order valence-corrected chi connectivity index (χ4v) is 5.90. The molecule has 1 aliphatic rings. The van der Waals surface area contributed by atoms with Crippen molar-refractivity contribution in [1.82, 2.24) is 14.5 Å². The molecule has 40 heavy (non-hydrogen) atoms. The SMILES string of the molecule is [C-]#[N+]c1ccc2c(n1)c(N1CCN(C(c3ccc(F)cc3)c3ccc(F)cc3)CC1C(=O)OC)c(Br)c(=O)n2C. The van der Waals surface area contributed by atoms with Gasteiger partial charge in [0, 0.05) is 26.7 Å². The van der Waals surface area contributed by atoms with Crippen LogP contribution in [0.5, 0.6) is 0 Å². The van der Waals surface area contributed by atoms with Gasteiger partial charge in [0.2, 0.25) is 5.52 Å². The third kappa shape index (κ3) is 4.96. The first-order valence-electron chi connectivity index (χ1n) is 12.4. The normalized spacial score (nSPS) is 15.8. The number of esters is 1. The Balaban J connectivity index is 1.62. The van der Waals surface area contributed by atoms with Gasteiger partial charge < -0.3 is 19.0 Å². The zero-order valence-corrected chi connectivity index (χ0v) is 23.2. The number of aromatic nitrogens is 2. The number of pyridine rings is 2. The van der Waals surface area contributed by atoms with E-state index in [-0.39, 0.29) is 34.0 Å². The first-order valence-corrected chi connectivity index (χ1v) is 13.2. The number of ether oxygens (including phenoxy) is 1. The number of fused-ring (bicyclic) bond motifs is 1. The molecule has 5 rings (SSSR count). The molecule has 0 spiro atoms. The molecule has 3 heterocycles. The molecule has 0 amide bonds. The summed E-state index contributed by atoms with van der Waals surface area (Å²) < 4.78 is 34.4. The van der Waals surface area contributed by atoms with Crippen LogP contribution in [0.2, 0.25) is 0 Å². The fourth-order valence-electron chi connectivity index (χ4n) is 5.22. The van der Waals surface area contributed by atoms with Crippen LogP contribution in [0.3, 0.4) is 0 Å². The minimum Gasteiger partial charge on any atom is -0.467 e. The van der Waals surface area contributed by atoms with Gasteiger partial charge in [-0.2, -0.15) is 0 Å². The zero-order valence-electron chi connectivity index (χ0n) is 21.6. The van der Waals surface area contributed by atoms with Crippen LogP contribution in [-0.4, -0.2) is 53.2 Å². The molecular weight excluding hydrogens is 584 g/mol. The molecule has 204 valence electrons. The second-order valence-corrected chi connectivity index (χ2v) is 10.2. The molecule has 2 aromatic carbocycles. The van der Waals surface area contributed by atoms with Gasteiger partial charge in [-0.05, 0) is 63.5 Å². The smallest absolute Gasteiger partial charge is 0.329 e. The number of halogens is 3. The van der Waals surface area contributed by atoms with E-state index in [0.717, 1.165) is 11.1 Å². The van der Waals surface area contributed by atoms with Crippen molar-refractivity contribution in [2.75, 3.05) is 31.6 Å².